The van der Waals surface area contributed by atoms with Crippen LogP contribution in [-0.4, -0.2) is 46.5 Å². The molecule has 4 heteroatoms. The van der Waals surface area contributed by atoms with Crippen molar-refractivity contribution in [1.29, 1.82) is 0 Å². The molecular weight excluding hydrogens is 290 g/mol. The zero-order valence-electron chi connectivity index (χ0n) is 13.8. The van der Waals surface area contributed by atoms with Crippen LogP contribution in [0, 0.1) is 11.8 Å². The van der Waals surface area contributed by atoms with Crippen molar-refractivity contribution >= 4 is 11.3 Å². The van der Waals surface area contributed by atoms with E-state index in [1.807, 2.05) is 5.51 Å². The minimum Gasteiger partial charge on any atom is -0.297 e. The maximum Gasteiger partial charge on any atom is 0.0795 e. The lowest BCUT2D eigenvalue weighted by molar-refractivity contribution is -0.0599. The molecule has 0 unspecified atom stereocenters. The summed E-state index contributed by atoms with van der Waals surface area (Å²) in [6.07, 6.45) is 8.60. The Kier molecular flexibility index (Phi) is 4.52. The summed E-state index contributed by atoms with van der Waals surface area (Å²) in [6, 6.07) is 1.76. The monoisotopic (exact) mass is 319 g/mol. The molecule has 0 saturated carbocycles. The molecule has 22 heavy (non-hydrogen) atoms. The molecule has 0 aromatic carbocycles. The van der Waals surface area contributed by atoms with Gasteiger partial charge in [-0.3, -0.25) is 9.80 Å². The summed E-state index contributed by atoms with van der Waals surface area (Å²) in [5.41, 5.74) is 3.24. The van der Waals surface area contributed by atoms with Crippen LogP contribution < -0.4 is 0 Å². The Morgan fingerprint density at radius 3 is 3.05 bits per heavy atom. The Balaban J connectivity index is 1.44. The quantitative estimate of drug-likeness (QED) is 0.845. The van der Waals surface area contributed by atoms with Crippen LogP contribution in [0.2, 0.25) is 0 Å². The zero-order valence-corrected chi connectivity index (χ0v) is 14.6. The molecular formula is C18H29N3S. The number of thiazole rings is 1. The molecule has 1 aromatic heterocycles. The number of rotatable bonds is 4. The van der Waals surface area contributed by atoms with Gasteiger partial charge in [-0.15, -0.1) is 11.3 Å². The highest BCUT2D eigenvalue weighted by Crippen LogP contribution is 2.40. The highest BCUT2D eigenvalue weighted by atomic mass is 32.1. The summed E-state index contributed by atoms with van der Waals surface area (Å²) in [6.45, 7) is 7.37. The normalized spacial score (nSPS) is 36.2. The number of aromatic nitrogens is 1. The summed E-state index contributed by atoms with van der Waals surface area (Å²) in [7, 11) is 0. The molecule has 122 valence electrons. The fraction of sp³-hybridized carbons (Fsp3) is 0.833. The number of hydrogen-bond donors (Lipinski definition) is 0. The standard InChI is InChI=1S/C18H29N3S/c1-2-4-17-5-3-6-18-15-7-14(9-21(17)18)8-20(10-15)11-16-12-22-13-19-16/h12-15,17-18H,2-11H2,1H3/t14-,15+,17-,18-/m0/s1. The van der Waals surface area contributed by atoms with E-state index in [9.17, 15) is 0 Å². The van der Waals surface area contributed by atoms with Crippen molar-refractivity contribution in [3.63, 3.8) is 0 Å². The van der Waals surface area contributed by atoms with Crippen molar-refractivity contribution in [2.45, 2.75) is 64.1 Å². The molecule has 3 aliphatic rings. The first kappa shape index (κ1) is 15.1. The van der Waals surface area contributed by atoms with E-state index in [1.165, 1.54) is 63.9 Å². The summed E-state index contributed by atoms with van der Waals surface area (Å²) < 4.78 is 0. The van der Waals surface area contributed by atoms with Crippen molar-refractivity contribution in [3.05, 3.63) is 16.6 Å². The van der Waals surface area contributed by atoms with E-state index in [4.69, 9.17) is 0 Å². The Hall–Kier alpha value is -0.450. The molecule has 0 radical (unpaired) electrons. The summed E-state index contributed by atoms with van der Waals surface area (Å²) in [5.74, 6) is 1.80. The second-order valence-corrected chi connectivity index (χ2v) is 8.39. The van der Waals surface area contributed by atoms with Crippen molar-refractivity contribution in [1.82, 2.24) is 14.8 Å². The summed E-state index contributed by atoms with van der Waals surface area (Å²) >= 11 is 1.73. The molecule has 2 bridgehead atoms. The van der Waals surface area contributed by atoms with E-state index < -0.39 is 0 Å². The van der Waals surface area contributed by atoms with E-state index in [0.717, 1.165) is 30.5 Å². The minimum absolute atomic E-state index is 0.875. The van der Waals surface area contributed by atoms with Gasteiger partial charge in [0.05, 0.1) is 11.2 Å². The number of fused-ring (bicyclic) bond motifs is 4. The fourth-order valence-corrected chi connectivity index (χ4v) is 5.88. The van der Waals surface area contributed by atoms with Crippen LogP contribution in [0.5, 0.6) is 0 Å². The van der Waals surface area contributed by atoms with Crippen LogP contribution in [-0.2, 0) is 6.54 Å². The van der Waals surface area contributed by atoms with Crippen molar-refractivity contribution in [3.8, 4) is 0 Å². The Morgan fingerprint density at radius 2 is 2.23 bits per heavy atom. The predicted molar refractivity (Wildman–Crippen MR) is 92.0 cm³/mol. The number of nitrogens with zero attached hydrogens (tertiary/aromatic N) is 3. The molecule has 3 saturated heterocycles. The van der Waals surface area contributed by atoms with Crippen molar-refractivity contribution < 1.29 is 0 Å². The highest BCUT2D eigenvalue weighted by molar-refractivity contribution is 7.07. The van der Waals surface area contributed by atoms with Gasteiger partial charge in [-0.1, -0.05) is 19.8 Å². The van der Waals surface area contributed by atoms with Crippen molar-refractivity contribution in [2.75, 3.05) is 19.6 Å². The molecule has 4 rings (SSSR count). The van der Waals surface area contributed by atoms with Gasteiger partial charge in [-0.2, -0.15) is 0 Å². The van der Waals surface area contributed by atoms with E-state index in [1.54, 1.807) is 11.3 Å². The van der Waals surface area contributed by atoms with Crippen LogP contribution in [0.25, 0.3) is 0 Å². The van der Waals surface area contributed by atoms with Crippen LogP contribution >= 0.6 is 11.3 Å². The third-order valence-corrected chi connectivity index (χ3v) is 6.72. The third-order valence-electron chi connectivity index (χ3n) is 6.08. The van der Waals surface area contributed by atoms with E-state index in [-0.39, 0.29) is 0 Å². The smallest absolute Gasteiger partial charge is 0.0795 e. The predicted octanol–water partition coefficient (Wildman–Crippen LogP) is 3.62. The van der Waals surface area contributed by atoms with Crippen LogP contribution in [0.1, 0.15) is 51.1 Å². The second-order valence-electron chi connectivity index (χ2n) is 7.67. The first-order valence-electron chi connectivity index (χ1n) is 9.18. The van der Waals surface area contributed by atoms with Gasteiger partial charge in [0.2, 0.25) is 0 Å². The zero-order chi connectivity index (χ0) is 14.9. The molecule has 4 atom stereocenters. The largest absolute Gasteiger partial charge is 0.297 e. The topological polar surface area (TPSA) is 19.4 Å². The molecule has 0 spiro atoms. The molecule has 1 aromatic rings. The van der Waals surface area contributed by atoms with E-state index >= 15 is 0 Å². The molecule has 3 aliphatic heterocycles. The molecule has 0 aliphatic carbocycles. The lowest BCUT2D eigenvalue weighted by atomic mass is 9.74. The Labute approximate surface area is 138 Å². The molecule has 0 amide bonds. The number of likely N-dealkylation sites (tertiary alicyclic amines) is 1. The average Bonchev–Trinajstić information content (AvgIpc) is 3.01. The lowest BCUT2D eigenvalue weighted by Crippen LogP contribution is -2.61. The summed E-state index contributed by atoms with van der Waals surface area (Å²) in [5, 5.41) is 2.22. The van der Waals surface area contributed by atoms with Gasteiger partial charge < -0.3 is 0 Å². The summed E-state index contributed by atoms with van der Waals surface area (Å²) in [4.78, 5) is 10.1. The third kappa shape index (κ3) is 2.98. The highest BCUT2D eigenvalue weighted by Gasteiger charge is 2.44. The molecule has 3 nitrogen and oxygen atoms in total. The van der Waals surface area contributed by atoms with Gasteiger partial charge >= 0.3 is 0 Å². The Bertz CT molecular complexity index is 473. The molecule has 4 heterocycles. The van der Waals surface area contributed by atoms with Crippen LogP contribution in [0.15, 0.2) is 10.9 Å². The van der Waals surface area contributed by atoms with Gasteiger partial charge in [-0.25, -0.2) is 4.98 Å². The van der Waals surface area contributed by atoms with Gasteiger partial charge in [0.1, 0.15) is 0 Å². The van der Waals surface area contributed by atoms with Crippen LogP contribution in [0.3, 0.4) is 0 Å². The van der Waals surface area contributed by atoms with Gasteiger partial charge in [-0.05, 0) is 37.5 Å². The van der Waals surface area contributed by atoms with Gasteiger partial charge in [0, 0.05) is 43.6 Å². The lowest BCUT2D eigenvalue weighted by Gasteiger charge is -2.55. The maximum absolute atomic E-state index is 4.49. The van der Waals surface area contributed by atoms with Crippen molar-refractivity contribution in [2.24, 2.45) is 11.8 Å². The fourth-order valence-electron chi connectivity index (χ4n) is 5.33. The van der Waals surface area contributed by atoms with Gasteiger partial charge in [0.25, 0.3) is 0 Å². The SMILES string of the molecule is CCC[C@H]1CCC[C@H]2[C@@H]3C[C@@H](CN(Cc4cscn4)C3)CN12. The molecule has 0 N–H and O–H groups in total. The van der Waals surface area contributed by atoms with Crippen LogP contribution in [0.4, 0.5) is 0 Å². The first-order valence-corrected chi connectivity index (χ1v) is 10.1. The minimum atomic E-state index is 0.875. The number of hydrogen-bond acceptors (Lipinski definition) is 4. The Morgan fingerprint density at radius 1 is 1.27 bits per heavy atom. The maximum atomic E-state index is 4.49. The molecule has 3 fully saturated rings. The van der Waals surface area contributed by atoms with E-state index in [2.05, 4.69) is 27.1 Å². The second kappa shape index (κ2) is 6.58. The van der Waals surface area contributed by atoms with E-state index in [0.29, 0.717) is 0 Å². The van der Waals surface area contributed by atoms with Gasteiger partial charge in [0.15, 0.2) is 0 Å². The first-order chi connectivity index (χ1) is 10.8. The number of piperidine rings is 3. The average molecular weight is 320 g/mol.